The molecule has 1 unspecified atom stereocenters. The molecule has 5 aromatic carbocycles. The predicted molar refractivity (Wildman–Crippen MR) is 267 cm³/mol. The maximum absolute atomic E-state index is 9.49. The Morgan fingerprint density at radius 1 is 0.556 bits per heavy atom. The lowest BCUT2D eigenvalue weighted by Gasteiger charge is -2.33. The number of phenols is 1. The first kappa shape index (κ1) is 47.1. The summed E-state index contributed by atoms with van der Waals surface area (Å²) in [5, 5.41) is 13.0. The van der Waals surface area contributed by atoms with Gasteiger partial charge in [-0.25, -0.2) is 0 Å². The van der Waals surface area contributed by atoms with E-state index >= 15 is 0 Å². The standard InChI is InChI=1S/C59H72N2O2/c1-6-10-14-16-41-61(42-17-15-11-7-2)52-30-24-48(25-31-52)19-21-50-27-37-56-55-36-26-49(44-57(55)59(38-12-8-3,39-13-9-4)58(56)45-50)20-18-47-22-28-51(29-23-47)46(5)60-40-43-63-54-34-32-53(62)33-35-54/h22-37,44-46,60,62H,6-17,38-43H2,1-5H3. The van der Waals surface area contributed by atoms with Crippen LogP contribution in [0.25, 0.3) is 11.1 Å². The third-order valence-electron chi connectivity index (χ3n) is 12.8. The lowest BCUT2D eigenvalue weighted by Crippen LogP contribution is -2.25. The lowest BCUT2D eigenvalue weighted by atomic mass is 9.70. The summed E-state index contributed by atoms with van der Waals surface area (Å²) in [7, 11) is 0. The van der Waals surface area contributed by atoms with Crippen LogP contribution >= 0.6 is 0 Å². The van der Waals surface area contributed by atoms with Gasteiger partial charge < -0.3 is 20.1 Å². The van der Waals surface area contributed by atoms with Gasteiger partial charge in [-0.1, -0.05) is 140 Å². The first-order valence-corrected chi connectivity index (χ1v) is 24.3. The number of benzene rings is 5. The molecule has 0 aromatic heterocycles. The van der Waals surface area contributed by atoms with Crippen LogP contribution in [0, 0.1) is 23.7 Å². The summed E-state index contributed by atoms with van der Waals surface area (Å²) in [5.41, 5.74) is 12.3. The topological polar surface area (TPSA) is 44.7 Å². The van der Waals surface area contributed by atoms with E-state index in [4.69, 9.17) is 4.74 Å². The largest absolute Gasteiger partial charge is 0.508 e. The second kappa shape index (κ2) is 24.4. The van der Waals surface area contributed by atoms with E-state index in [1.807, 2.05) is 0 Å². The maximum atomic E-state index is 9.49. The molecule has 4 heteroatoms. The Morgan fingerprint density at radius 2 is 1.03 bits per heavy atom. The van der Waals surface area contributed by atoms with Gasteiger partial charge in [0.05, 0.1) is 0 Å². The monoisotopic (exact) mass is 841 g/mol. The lowest BCUT2D eigenvalue weighted by molar-refractivity contribution is 0.307. The van der Waals surface area contributed by atoms with E-state index in [2.05, 4.69) is 153 Å². The second-order valence-corrected chi connectivity index (χ2v) is 17.6. The molecule has 1 atom stereocenters. The molecule has 6 rings (SSSR count). The minimum absolute atomic E-state index is 0.0503. The maximum Gasteiger partial charge on any atom is 0.119 e. The minimum atomic E-state index is -0.0503. The van der Waals surface area contributed by atoms with Crippen LogP contribution in [0.1, 0.15) is 169 Å². The Labute approximate surface area is 380 Å². The van der Waals surface area contributed by atoms with Gasteiger partial charge in [-0.05, 0) is 145 Å². The highest BCUT2D eigenvalue weighted by molar-refractivity contribution is 5.82. The summed E-state index contributed by atoms with van der Waals surface area (Å²) in [6.07, 6.45) is 17.3. The molecule has 0 fully saturated rings. The van der Waals surface area contributed by atoms with Gasteiger partial charge in [-0.2, -0.15) is 0 Å². The van der Waals surface area contributed by atoms with Crippen LogP contribution in [-0.2, 0) is 5.41 Å². The number of phenolic OH excluding ortho intramolecular Hbond substituents is 1. The van der Waals surface area contributed by atoms with Gasteiger partial charge in [0.15, 0.2) is 0 Å². The molecule has 1 aliphatic carbocycles. The molecule has 0 saturated heterocycles. The number of aromatic hydroxyl groups is 1. The molecule has 330 valence electrons. The van der Waals surface area contributed by atoms with E-state index < -0.39 is 0 Å². The molecule has 63 heavy (non-hydrogen) atoms. The number of hydrogen-bond donors (Lipinski definition) is 2. The summed E-state index contributed by atoms with van der Waals surface area (Å²) in [6.45, 7) is 14.9. The number of nitrogens with zero attached hydrogens (tertiary/aromatic N) is 1. The minimum Gasteiger partial charge on any atom is -0.508 e. The van der Waals surface area contributed by atoms with Crippen LogP contribution < -0.4 is 15.0 Å². The average Bonchev–Trinajstić information content (AvgIpc) is 3.58. The normalized spacial score (nSPS) is 12.7. The van der Waals surface area contributed by atoms with Gasteiger partial charge in [0.25, 0.3) is 0 Å². The van der Waals surface area contributed by atoms with Gasteiger partial charge in [0.1, 0.15) is 18.1 Å². The Balaban J connectivity index is 1.17. The van der Waals surface area contributed by atoms with Crippen molar-refractivity contribution in [2.45, 2.75) is 136 Å². The van der Waals surface area contributed by atoms with E-state index in [0.29, 0.717) is 13.2 Å². The van der Waals surface area contributed by atoms with Crippen LogP contribution in [-0.4, -0.2) is 31.3 Å². The molecule has 4 nitrogen and oxygen atoms in total. The SMILES string of the molecule is CCCCCCN(CCCCCC)c1ccc(C#Cc2ccc3c(c2)C(CCCC)(CCCC)c2cc(C#Cc4ccc(C(C)NCCOc5ccc(O)cc5)cc4)ccc2-3)cc1. The molecule has 5 aromatic rings. The quantitative estimate of drug-likeness (QED) is 0.0508. The van der Waals surface area contributed by atoms with E-state index in [0.717, 1.165) is 53.9 Å². The Bertz CT molecular complexity index is 2270. The zero-order valence-electron chi connectivity index (χ0n) is 39.0. The van der Waals surface area contributed by atoms with Crippen LogP contribution in [0.2, 0.25) is 0 Å². The van der Waals surface area contributed by atoms with Crippen molar-refractivity contribution in [2.24, 2.45) is 0 Å². The van der Waals surface area contributed by atoms with Gasteiger partial charge in [0, 0.05) is 59.0 Å². The molecule has 0 heterocycles. The molecule has 0 radical (unpaired) electrons. The molecule has 0 aliphatic heterocycles. The highest BCUT2D eigenvalue weighted by Crippen LogP contribution is 2.54. The van der Waals surface area contributed by atoms with Crippen molar-refractivity contribution in [1.82, 2.24) is 5.32 Å². The highest BCUT2D eigenvalue weighted by Gasteiger charge is 2.42. The van der Waals surface area contributed by atoms with Crippen molar-refractivity contribution in [3.63, 3.8) is 0 Å². The Hall–Kier alpha value is -5.42. The number of fused-ring (bicyclic) bond motifs is 3. The molecule has 0 spiro atoms. The number of anilines is 1. The van der Waals surface area contributed by atoms with E-state index in [9.17, 15) is 5.11 Å². The molecule has 0 amide bonds. The van der Waals surface area contributed by atoms with Crippen LogP contribution in [0.5, 0.6) is 11.5 Å². The molecular weight excluding hydrogens is 769 g/mol. The Morgan fingerprint density at radius 3 is 1.54 bits per heavy atom. The molecule has 1 aliphatic rings. The van der Waals surface area contributed by atoms with Gasteiger partial charge >= 0.3 is 0 Å². The molecular formula is C59H72N2O2. The summed E-state index contributed by atoms with van der Waals surface area (Å²) in [4.78, 5) is 2.60. The van der Waals surface area contributed by atoms with Crippen molar-refractivity contribution in [3.05, 3.63) is 148 Å². The average molecular weight is 841 g/mol. The van der Waals surface area contributed by atoms with Crippen LogP contribution in [0.15, 0.2) is 109 Å². The van der Waals surface area contributed by atoms with Crippen molar-refractivity contribution < 1.29 is 9.84 Å². The van der Waals surface area contributed by atoms with Gasteiger partial charge in [-0.3, -0.25) is 0 Å². The number of ether oxygens (including phenoxy) is 1. The fourth-order valence-electron chi connectivity index (χ4n) is 9.10. The third kappa shape index (κ3) is 13.1. The summed E-state index contributed by atoms with van der Waals surface area (Å²) in [6, 6.07) is 38.5. The number of unbranched alkanes of at least 4 members (excludes halogenated alkanes) is 8. The number of hydrogen-bond acceptors (Lipinski definition) is 4. The fourth-order valence-corrected chi connectivity index (χ4v) is 9.10. The first-order chi connectivity index (χ1) is 30.9. The Kier molecular flexibility index (Phi) is 18.3. The van der Waals surface area contributed by atoms with Crippen molar-refractivity contribution in [3.8, 4) is 46.3 Å². The predicted octanol–water partition coefficient (Wildman–Crippen LogP) is 14.5. The highest BCUT2D eigenvalue weighted by atomic mass is 16.5. The summed E-state index contributed by atoms with van der Waals surface area (Å²) >= 11 is 0. The van der Waals surface area contributed by atoms with E-state index in [-0.39, 0.29) is 17.2 Å². The summed E-state index contributed by atoms with van der Waals surface area (Å²) < 4.78 is 5.80. The van der Waals surface area contributed by atoms with E-state index in [1.54, 1.807) is 24.3 Å². The van der Waals surface area contributed by atoms with Crippen molar-refractivity contribution in [2.75, 3.05) is 31.1 Å². The van der Waals surface area contributed by atoms with Crippen molar-refractivity contribution >= 4 is 5.69 Å². The molecule has 2 N–H and O–H groups in total. The zero-order chi connectivity index (χ0) is 44.3. The van der Waals surface area contributed by atoms with Crippen molar-refractivity contribution in [1.29, 1.82) is 0 Å². The second-order valence-electron chi connectivity index (χ2n) is 17.6. The number of nitrogens with one attached hydrogen (secondary N) is 1. The first-order valence-electron chi connectivity index (χ1n) is 24.3. The molecule has 0 bridgehead atoms. The van der Waals surface area contributed by atoms with Gasteiger partial charge in [0.2, 0.25) is 0 Å². The van der Waals surface area contributed by atoms with Crippen LogP contribution in [0.3, 0.4) is 0 Å². The molecule has 0 saturated carbocycles. The fraction of sp³-hybridized carbons (Fsp3) is 0.424. The third-order valence-corrected chi connectivity index (χ3v) is 12.8. The van der Waals surface area contributed by atoms with Crippen LogP contribution in [0.4, 0.5) is 5.69 Å². The zero-order valence-corrected chi connectivity index (χ0v) is 39.0. The summed E-state index contributed by atoms with van der Waals surface area (Å²) in [5.74, 6) is 15.1. The smallest absolute Gasteiger partial charge is 0.119 e. The van der Waals surface area contributed by atoms with E-state index in [1.165, 1.54) is 111 Å². The van der Waals surface area contributed by atoms with Gasteiger partial charge in [-0.15, -0.1) is 0 Å². The number of rotatable bonds is 23.